The molecule has 5 rings (SSSR count). The molecule has 0 radical (unpaired) electrons. The third kappa shape index (κ3) is 0.212. The van der Waals surface area contributed by atoms with E-state index in [2.05, 4.69) is 0 Å². The van der Waals surface area contributed by atoms with Crippen molar-refractivity contribution in [3.63, 3.8) is 0 Å². The summed E-state index contributed by atoms with van der Waals surface area (Å²) in [6, 6.07) is 0. The van der Waals surface area contributed by atoms with Crippen LogP contribution in [0.5, 0.6) is 0 Å². The third-order valence-electron chi connectivity index (χ3n) is 5.52. The maximum Gasteiger partial charge on any atom is 0.141 e. The fourth-order valence-electron chi connectivity index (χ4n) is 5.37. The lowest BCUT2D eigenvalue weighted by molar-refractivity contribution is -0.183. The van der Waals surface area contributed by atoms with Crippen molar-refractivity contribution in [2.45, 2.75) is 0 Å². The second-order valence-electron chi connectivity index (χ2n) is 5.22. The van der Waals surface area contributed by atoms with Crippen molar-refractivity contribution in [3.05, 3.63) is 0 Å². The summed E-state index contributed by atoms with van der Waals surface area (Å²) in [6.07, 6.45) is 0. The van der Waals surface area contributed by atoms with Crippen molar-refractivity contribution in [3.8, 4) is 0 Å². The molecular formula is C10H8O2. The number of fused-ring (bicyclic) bond motifs is 2. The van der Waals surface area contributed by atoms with Crippen LogP contribution in [0.15, 0.2) is 0 Å². The van der Waals surface area contributed by atoms with E-state index in [4.69, 9.17) is 0 Å². The minimum Gasteiger partial charge on any atom is -0.299 e. The molecule has 0 aromatic heterocycles. The maximum absolute atomic E-state index is 11.7. The average Bonchev–Trinajstić information content (AvgIpc) is 2.26. The Morgan fingerprint density at radius 2 is 0.833 bits per heavy atom. The van der Waals surface area contributed by atoms with E-state index in [-0.39, 0.29) is 23.7 Å². The van der Waals surface area contributed by atoms with Gasteiger partial charge in [0.15, 0.2) is 0 Å². The molecule has 0 bridgehead atoms. The van der Waals surface area contributed by atoms with Gasteiger partial charge in [0.05, 0.1) is 0 Å². The van der Waals surface area contributed by atoms with E-state index in [1.807, 2.05) is 0 Å². The zero-order valence-corrected chi connectivity index (χ0v) is 6.44. The van der Waals surface area contributed by atoms with E-state index in [0.29, 0.717) is 35.2 Å². The first-order valence-electron chi connectivity index (χ1n) is 4.90. The largest absolute Gasteiger partial charge is 0.299 e. The van der Waals surface area contributed by atoms with Gasteiger partial charge in [0, 0.05) is 23.7 Å². The highest BCUT2D eigenvalue weighted by atomic mass is 16.1. The van der Waals surface area contributed by atoms with Crippen LogP contribution < -0.4 is 0 Å². The normalized spacial score (nSPS) is 78.3. The zero-order valence-electron chi connectivity index (χ0n) is 6.44. The monoisotopic (exact) mass is 160 g/mol. The quantitative estimate of drug-likeness (QED) is 0.504. The number of Topliss-reactive ketones (excluding diaryl/α,β-unsaturated/α-hetero) is 2. The van der Waals surface area contributed by atoms with Crippen molar-refractivity contribution < 1.29 is 9.59 Å². The first kappa shape index (κ1) is 5.15. The minimum absolute atomic E-state index is 0.229. The summed E-state index contributed by atoms with van der Waals surface area (Å²) in [5, 5.41) is 0. The molecule has 60 valence electrons. The molecule has 0 aromatic rings. The van der Waals surface area contributed by atoms with E-state index < -0.39 is 0 Å². The summed E-state index contributed by atoms with van der Waals surface area (Å²) in [4.78, 5) is 23.4. The Labute approximate surface area is 69.3 Å². The molecule has 0 aliphatic heterocycles. The SMILES string of the molecule is O=C1C2C3C(=O)C4C1C1C2C3C41. The van der Waals surface area contributed by atoms with Gasteiger partial charge in [-0.3, -0.25) is 9.59 Å². The lowest BCUT2D eigenvalue weighted by atomic mass is 9.39. The maximum atomic E-state index is 11.7. The second kappa shape index (κ2) is 1.05. The van der Waals surface area contributed by atoms with Crippen LogP contribution in [0.1, 0.15) is 0 Å². The minimum atomic E-state index is 0.229. The van der Waals surface area contributed by atoms with Crippen LogP contribution in [0, 0.1) is 47.3 Å². The lowest BCUT2D eigenvalue weighted by Crippen LogP contribution is -2.62. The van der Waals surface area contributed by atoms with Gasteiger partial charge in [-0.1, -0.05) is 0 Å². The second-order valence-corrected chi connectivity index (χ2v) is 5.22. The summed E-state index contributed by atoms with van der Waals surface area (Å²) in [5.74, 6) is 4.65. The molecule has 0 saturated heterocycles. The molecule has 4 atom stereocenters. The van der Waals surface area contributed by atoms with Crippen molar-refractivity contribution in [1.29, 1.82) is 0 Å². The number of ketones is 2. The summed E-state index contributed by atoms with van der Waals surface area (Å²) in [5.41, 5.74) is 0. The summed E-state index contributed by atoms with van der Waals surface area (Å²) >= 11 is 0. The summed E-state index contributed by atoms with van der Waals surface area (Å²) in [7, 11) is 0. The molecule has 2 nitrogen and oxygen atoms in total. The van der Waals surface area contributed by atoms with Crippen LogP contribution in [-0.2, 0) is 9.59 Å². The van der Waals surface area contributed by atoms with Crippen LogP contribution in [0.3, 0.4) is 0 Å². The van der Waals surface area contributed by atoms with Crippen molar-refractivity contribution in [1.82, 2.24) is 0 Å². The molecule has 0 amide bonds. The van der Waals surface area contributed by atoms with E-state index in [1.165, 1.54) is 0 Å². The standard InChI is InChI=1S/C10H8O2/c11-9-5-1-2-4-3(1)7(9)8(4)10(12)6(2)5/h1-8H. The van der Waals surface area contributed by atoms with Crippen LogP contribution in [-0.4, -0.2) is 11.6 Å². The Balaban J connectivity index is 1.90. The smallest absolute Gasteiger partial charge is 0.141 e. The highest BCUT2D eigenvalue weighted by Gasteiger charge is 2.90. The van der Waals surface area contributed by atoms with E-state index in [0.717, 1.165) is 0 Å². The van der Waals surface area contributed by atoms with Gasteiger partial charge in [-0.25, -0.2) is 0 Å². The molecule has 0 heterocycles. The van der Waals surface area contributed by atoms with Gasteiger partial charge in [0.25, 0.3) is 0 Å². The molecule has 5 aliphatic carbocycles. The fourth-order valence-corrected chi connectivity index (χ4v) is 5.37. The van der Waals surface area contributed by atoms with Gasteiger partial charge in [0.2, 0.25) is 0 Å². The molecule has 5 aliphatic rings. The number of carbonyl (C=O) groups excluding carboxylic acids is 2. The lowest BCUT2D eigenvalue weighted by Gasteiger charge is -2.62. The average molecular weight is 160 g/mol. The highest BCUT2D eigenvalue weighted by Crippen LogP contribution is 2.86. The Hall–Kier alpha value is -0.660. The molecule has 2 heteroatoms. The molecular weight excluding hydrogens is 152 g/mol. The summed E-state index contributed by atoms with van der Waals surface area (Å²) < 4.78 is 0. The van der Waals surface area contributed by atoms with Gasteiger partial charge >= 0.3 is 0 Å². The molecule has 0 N–H and O–H groups in total. The van der Waals surface area contributed by atoms with Gasteiger partial charge in [-0.2, -0.15) is 0 Å². The molecule has 5 saturated carbocycles. The van der Waals surface area contributed by atoms with Crippen LogP contribution in [0.4, 0.5) is 0 Å². The fraction of sp³-hybridized carbons (Fsp3) is 0.800. The predicted octanol–water partition coefficient (Wildman–Crippen LogP) is 0.122. The van der Waals surface area contributed by atoms with E-state index >= 15 is 0 Å². The summed E-state index contributed by atoms with van der Waals surface area (Å²) in [6.45, 7) is 0. The first-order valence-corrected chi connectivity index (χ1v) is 4.90. The van der Waals surface area contributed by atoms with Crippen molar-refractivity contribution >= 4 is 11.6 Å². The molecule has 12 heavy (non-hydrogen) atoms. The van der Waals surface area contributed by atoms with Crippen molar-refractivity contribution in [2.75, 3.05) is 0 Å². The molecule has 4 unspecified atom stereocenters. The number of rotatable bonds is 0. The third-order valence-corrected chi connectivity index (χ3v) is 5.52. The van der Waals surface area contributed by atoms with Gasteiger partial charge in [0.1, 0.15) is 11.6 Å². The molecule has 5 fully saturated rings. The molecule has 0 spiro atoms. The Kier molecular flexibility index (Phi) is 0.450. The number of hydrogen-bond acceptors (Lipinski definition) is 2. The van der Waals surface area contributed by atoms with Crippen LogP contribution >= 0.6 is 0 Å². The van der Waals surface area contributed by atoms with E-state index in [1.54, 1.807) is 0 Å². The number of hydrogen-bond donors (Lipinski definition) is 0. The Morgan fingerprint density at radius 3 is 1.08 bits per heavy atom. The Bertz CT molecular complexity index is 296. The molecule has 0 aromatic carbocycles. The van der Waals surface area contributed by atoms with E-state index in [9.17, 15) is 9.59 Å². The van der Waals surface area contributed by atoms with Crippen molar-refractivity contribution in [2.24, 2.45) is 47.3 Å². The van der Waals surface area contributed by atoms with Gasteiger partial charge in [-0.05, 0) is 23.7 Å². The zero-order chi connectivity index (χ0) is 7.77. The predicted molar refractivity (Wildman–Crippen MR) is 37.9 cm³/mol. The van der Waals surface area contributed by atoms with Crippen LogP contribution in [0.2, 0.25) is 0 Å². The highest BCUT2D eigenvalue weighted by molar-refractivity contribution is 6.08. The topological polar surface area (TPSA) is 34.1 Å². The first-order chi connectivity index (χ1) is 5.82. The van der Waals surface area contributed by atoms with Gasteiger partial charge < -0.3 is 0 Å². The number of carbonyl (C=O) groups is 2. The van der Waals surface area contributed by atoms with Crippen LogP contribution in [0.25, 0.3) is 0 Å². The van der Waals surface area contributed by atoms with Gasteiger partial charge in [-0.15, -0.1) is 0 Å². The Morgan fingerprint density at radius 1 is 0.583 bits per heavy atom.